The first kappa shape index (κ1) is 44.4. The van der Waals surface area contributed by atoms with Gasteiger partial charge < -0.3 is 9.80 Å². The number of hydrogen-bond donors (Lipinski definition) is 0. The molecule has 8 bridgehead atoms. The summed E-state index contributed by atoms with van der Waals surface area (Å²) in [6.45, 7) is 31.6. The van der Waals surface area contributed by atoms with Gasteiger partial charge in [0.1, 0.15) is 0 Å². The number of rotatable bonds is 3. The third-order valence-electron chi connectivity index (χ3n) is 21.1. The minimum atomic E-state index is 0.00330. The van der Waals surface area contributed by atoms with Crippen LogP contribution in [-0.2, 0) is 32.5 Å². The highest BCUT2D eigenvalue weighted by Gasteiger charge is 2.68. The van der Waals surface area contributed by atoms with Crippen LogP contribution in [0, 0.1) is 41.4 Å². The van der Waals surface area contributed by atoms with Gasteiger partial charge in [0, 0.05) is 43.3 Å². The number of fused-ring (bicyclic) bond motifs is 7. The molecule has 8 aliphatic carbocycles. The molecular weight excluding hydrogens is 864 g/mol. The predicted octanol–water partition coefficient (Wildman–Crippen LogP) is 16.2. The third kappa shape index (κ3) is 6.10. The Bertz CT molecular complexity index is 3150. The molecule has 3 heterocycles. The first-order valence-electron chi connectivity index (χ1n) is 27.7. The van der Waals surface area contributed by atoms with Gasteiger partial charge in [-0.2, -0.15) is 0 Å². The van der Waals surface area contributed by atoms with Crippen molar-refractivity contribution in [1.29, 1.82) is 0 Å². The average molecular weight is 941 g/mol. The van der Waals surface area contributed by atoms with E-state index in [2.05, 4.69) is 202 Å². The molecule has 0 spiro atoms. The molecule has 360 valence electrons. The lowest BCUT2D eigenvalue weighted by atomic mass is 9.32. The van der Waals surface area contributed by atoms with E-state index in [9.17, 15) is 0 Å². The SMILES string of the molecule is CC(C)(C)c1cccc(N2c3cc(C(C)(C)C)ccc3B3c4sc5ccc(C(C)(C)C)cc5c4N(c4ccc5c(c4)C(C)(C)CCC5(C)C)c4cc(C56CC7C8CC9CC7C(C5)C(C9)C8C6)cc2c43)c1. The Hall–Kier alpha value is -4.28. The molecule has 0 amide bonds. The Morgan fingerprint density at radius 3 is 1.71 bits per heavy atom. The van der Waals surface area contributed by atoms with Gasteiger partial charge in [0.15, 0.2) is 0 Å². The van der Waals surface area contributed by atoms with Crippen LogP contribution in [0.1, 0.15) is 175 Å². The summed E-state index contributed by atoms with van der Waals surface area (Å²) in [4.78, 5) is 5.62. The molecule has 5 aromatic carbocycles. The molecule has 0 saturated heterocycles. The second-order valence-electron chi connectivity index (χ2n) is 29.1. The van der Waals surface area contributed by atoms with Crippen molar-refractivity contribution >= 4 is 78.0 Å². The van der Waals surface area contributed by atoms with Crippen LogP contribution >= 0.6 is 11.3 Å². The zero-order valence-corrected chi connectivity index (χ0v) is 45.6. The number of hydrogen-bond acceptors (Lipinski definition) is 3. The molecule has 7 fully saturated rings. The van der Waals surface area contributed by atoms with Crippen molar-refractivity contribution in [2.45, 2.75) is 174 Å². The summed E-state index contributed by atoms with van der Waals surface area (Å²) in [6, 6.07) is 38.2. The van der Waals surface area contributed by atoms with Crippen LogP contribution in [0.2, 0.25) is 0 Å². The molecule has 0 N–H and O–H groups in total. The van der Waals surface area contributed by atoms with Crippen LogP contribution in [0.25, 0.3) is 10.1 Å². The fourth-order valence-corrected chi connectivity index (χ4v) is 18.7. The number of anilines is 6. The van der Waals surface area contributed by atoms with Crippen LogP contribution in [0.15, 0.2) is 91.0 Å². The third-order valence-corrected chi connectivity index (χ3v) is 22.3. The second-order valence-corrected chi connectivity index (χ2v) is 30.2. The van der Waals surface area contributed by atoms with Crippen molar-refractivity contribution in [3.8, 4) is 0 Å². The molecule has 6 aromatic rings. The maximum atomic E-state index is 2.85. The molecule has 2 nitrogen and oxygen atoms in total. The molecule has 10 aliphatic rings. The largest absolute Gasteiger partial charge is 0.311 e. The van der Waals surface area contributed by atoms with Gasteiger partial charge in [-0.15, -0.1) is 11.3 Å². The van der Waals surface area contributed by atoms with Gasteiger partial charge in [0.25, 0.3) is 6.71 Å². The fraction of sp³-hybridized carbons (Fsp3) is 0.515. The molecule has 0 radical (unpaired) electrons. The first-order chi connectivity index (χ1) is 33.0. The summed E-state index contributed by atoms with van der Waals surface area (Å²) in [5.74, 6) is 6.67. The van der Waals surface area contributed by atoms with Crippen LogP contribution in [0.4, 0.5) is 34.1 Å². The minimum absolute atomic E-state index is 0.00330. The molecule has 0 atom stereocenters. The standard InChI is InChI=1S/C66H77BN2S/c1-61(2,3)38-15-14-16-42(28-38)68-54-30-40(63(7,8)9)17-21-53(54)67-58-55(68)31-41(66-34-48-44-25-37-26-45(48)50(36-66)46(27-37)49(44)35-66)32-56(58)69(43-19-20-51-52(33-43)65(12,13)24-23-64(51,10)11)59-47-29-39(62(4,5)6)18-22-57(47)70-60(59)67/h14-22,28-33,37,44-46,48-50H,23-27,34-36H2,1-13H3. The molecular formula is C66H77BN2S. The van der Waals surface area contributed by atoms with Crippen molar-refractivity contribution in [2.75, 3.05) is 9.80 Å². The Morgan fingerprint density at radius 2 is 1.09 bits per heavy atom. The number of nitrogens with zero attached hydrogens (tertiary/aromatic N) is 2. The number of benzene rings is 5. The van der Waals surface area contributed by atoms with E-state index >= 15 is 0 Å². The summed E-state index contributed by atoms with van der Waals surface area (Å²) in [5, 5.41) is 1.41. The molecule has 1 aromatic heterocycles. The van der Waals surface area contributed by atoms with E-state index < -0.39 is 0 Å². The zero-order valence-electron chi connectivity index (χ0n) is 44.7. The summed E-state index contributed by atoms with van der Waals surface area (Å²) < 4.78 is 2.89. The van der Waals surface area contributed by atoms with Gasteiger partial charge in [-0.05, 0) is 224 Å². The number of thiophene rings is 1. The van der Waals surface area contributed by atoms with E-state index in [-0.39, 0.29) is 39.2 Å². The van der Waals surface area contributed by atoms with Crippen LogP contribution in [-0.4, -0.2) is 6.71 Å². The van der Waals surface area contributed by atoms with Crippen molar-refractivity contribution in [1.82, 2.24) is 0 Å². The van der Waals surface area contributed by atoms with E-state index in [0.29, 0.717) is 0 Å². The minimum Gasteiger partial charge on any atom is -0.311 e. The van der Waals surface area contributed by atoms with Gasteiger partial charge in [-0.25, -0.2) is 0 Å². The lowest BCUT2D eigenvalue weighted by molar-refractivity contribution is -0.212. The van der Waals surface area contributed by atoms with Gasteiger partial charge >= 0.3 is 0 Å². The smallest absolute Gasteiger partial charge is 0.264 e. The predicted molar refractivity (Wildman–Crippen MR) is 301 cm³/mol. The van der Waals surface area contributed by atoms with Crippen molar-refractivity contribution in [2.24, 2.45) is 41.4 Å². The lowest BCUT2D eigenvalue weighted by Gasteiger charge is -2.72. The first-order valence-corrected chi connectivity index (χ1v) is 28.6. The average Bonchev–Trinajstić information content (AvgIpc) is 3.69. The summed E-state index contributed by atoms with van der Waals surface area (Å²) in [7, 11) is 0. The maximum Gasteiger partial charge on any atom is 0.264 e. The van der Waals surface area contributed by atoms with E-state index in [1.807, 2.05) is 0 Å². The van der Waals surface area contributed by atoms with E-state index in [0.717, 1.165) is 41.4 Å². The summed E-state index contributed by atoms with van der Waals surface area (Å²) >= 11 is 2.07. The van der Waals surface area contributed by atoms with Crippen LogP contribution in [0.5, 0.6) is 0 Å². The highest BCUT2D eigenvalue weighted by molar-refractivity contribution is 7.33. The Kier molecular flexibility index (Phi) is 8.92. The molecule has 4 heteroatoms. The Labute approximate surface area is 425 Å². The van der Waals surface area contributed by atoms with Gasteiger partial charge in [0.2, 0.25) is 0 Å². The molecule has 2 aliphatic heterocycles. The highest BCUT2D eigenvalue weighted by atomic mass is 32.1. The monoisotopic (exact) mass is 941 g/mol. The summed E-state index contributed by atoms with van der Waals surface area (Å²) in [6.07, 6.45) is 11.2. The zero-order chi connectivity index (χ0) is 48.6. The van der Waals surface area contributed by atoms with Crippen molar-refractivity contribution < 1.29 is 0 Å². The molecule has 16 rings (SSSR count). The molecule has 7 saturated carbocycles. The molecule has 0 unspecified atom stereocenters. The van der Waals surface area contributed by atoms with E-state index in [1.165, 1.54) is 139 Å². The summed E-state index contributed by atoms with van der Waals surface area (Å²) in [5.41, 5.74) is 20.6. The van der Waals surface area contributed by atoms with Crippen molar-refractivity contribution in [3.63, 3.8) is 0 Å². The van der Waals surface area contributed by atoms with Crippen LogP contribution < -0.4 is 25.5 Å². The van der Waals surface area contributed by atoms with Crippen molar-refractivity contribution in [3.05, 3.63) is 124 Å². The topological polar surface area (TPSA) is 6.48 Å². The highest BCUT2D eigenvalue weighted by Crippen LogP contribution is 2.75. The lowest BCUT2D eigenvalue weighted by Crippen LogP contribution is -2.66. The van der Waals surface area contributed by atoms with Gasteiger partial charge in [0.05, 0.1) is 5.69 Å². The second kappa shape index (κ2) is 14.1. The molecule has 70 heavy (non-hydrogen) atoms. The Morgan fingerprint density at radius 1 is 0.529 bits per heavy atom. The van der Waals surface area contributed by atoms with E-state index in [1.54, 1.807) is 5.56 Å². The van der Waals surface area contributed by atoms with Crippen LogP contribution in [0.3, 0.4) is 0 Å². The Balaban J connectivity index is 1.10. The fourth-order valence-electron chi connectivity index (χ4n) is 17.4. The quantitative estimate of drug-likeness (QED) is 0.163. The van der Waals surface area contributed by atoms with Gasteiger partial charge in [-0.3, -0.25) is 0 Å². The van der Waals surface area contributed by atoms with E-state index in [4.69, 9.17) is 0 Å². The normalized spacial score (nSPS) is 29.4. The maximum absolute atomic E-state index is 2.85. The van der Waals surface area contributed by atoms with Gasteiger partial charge in [-0.1, -0.05) is 126 Å².